The van der Waals surface area contributed by atoms with E-state index in [9.17, 15) is 0 Å². The maximum Gasteiger partial charge on any atom is 0.239 e. The number of nitrogens with two attached hydrogens (primary N) is 1. The third-order valence-electron chi connectivity index (χ3n) is 3.06. The van der Waals surface area contributed by atoms with Crippen LogP contribution in [-0.4, -0.2) is 17.6 Å². The highest BCUT2D eigenvalue weighted by Gasteiger charge is 2.31. The normalized spacial score (nSPS) is 22.6. The number of aromatic nitrogens is 1. The van der Waals surface area contributed by atoms with Gasteiger partial charge in [-0.15, -0.1) is 0 Å². The number of nitrogens with one attached hydrogen (secondary N) is 1. The smallest absolute Gasteiger partial charge is 0.239 e. The molecule has 1 heterocycles. The Balaban J connectivity index is 1.97. The van der Waals surface area contributed by atoms with E-state index in [0.717, 1.165) is 24.2 Å². The molecule has 2 atom stereocenters. The topological polar surface area (TPSA) is 60.2 Å². The lowest BCUT2D eigenvalue weighted by molar-refractivity contribution is 0.234. The summed E-state index contributed by atoms with van der Waals surface area (Å²) in [6.07, 6.45) is 1.40. The van der Waals surface area contributed by atoms with Crippen LogP contribution in [0.4, 0.5) is 11.5 Å². The van der Waals surface area contributed by atoms with Crippen LogP contribution in [0.15, 0.2) is 12.1 Å². The van der Waals surface area contributed by atoms with Crippen molar-refractivity contribution in [3.8, 4) is 5.88 Å². The number of pyridine rings is 1. The zero-order valence-corrected chi connectivity index (χ0v) is 10.7. The van der Waals surface area contributed by atoms with Crippen molar-refractivity contribution in [2.45, 2.75) is 33.3 Å². The van der Waals surface area contributed by atoms with E-state index >= 15 is 0 Å². The average molecular weight is 235 g/mol. The first-order valence-electron chi connectivity index (χ1n) is 6.23. The summed E-state index contributed by atoms with van der Waals surface area (Å²) < 4.78 is 5.55. The monoisotopic (exact) mass is 235 g/mol. The molecular formula is C13H21N3O. The van der Waals surface area contributed by atoms with Gasteiger partial charge in [0, 0.05) is 6.54 Å². The van der Waals surface area contributed by atoms with Gasteiger partial charge in [-0.25, -0.2) is 0 Å². The molecule has 4 heteroatoms. The van der Waals surface area contributed by atoms with Crippen molar-refractivity contribution in [3.05, 3.63) is 12.1 Å². The van der Waals surface area contributed by atoms with Crippen LogP contribution >= 0.6 is 0 Å². The van der Waals surface area contributed by atoms with E-state index < -0.39 is 0 Å². The van der Waals surface area contributed by atoms with Crippen molar-refractivity contribution in [2.75, 3.05) is 17.6 Å². The average Bonchev–Trinajstić information content (AvgIpc) is 2.95. The molecule has 1 saturated carbocycles. The Hall–Kier alpha value is -1.45. The Morgan fingerprint density at radius 2 is 2.24 bits per heavy atom. The molecule has 1 aromatic rings. The molecule has 2 rings (SSSR count). The standard InChI is InChI=1S/C13H21N3O/c1-8(2)17-13-11(14)4-5-12(16-13)15-7-10-6-9(10)3/h4-5,8-10H,6-7,14H2,1-3H3,(H,15,16). The molecule has 17 heavy (non-hydrogen) atoms. The molecule has 0 aliphatic heterocycles. The molecule has 0 radical (unpaired) electrons. The quantitative estimate of drug-likeness (QED) is 0.823. The highest BCUT2D eigenvalue weighted by Crippen LogP contribution is 2.37. The van der Waals surface area contributed by atoms with Gasteiger partial charge in [-0.3, -0.25) is 0 Å². The number of hydrogen-bond donors (Lipinski definition) is 2. The lowest BCUT2D eigenvalue weighted by Crippen LogP contribution is -2.11. The fourth-order valence-electron chi connectivity index (χ4n) is 1.79. The molecule has 1 aliphatic rings. The third kappa shape index (κ3) is 3.25. The van der Waals surface area contributed by atoms with Gasteiger partial charge in [0.2, 0.25) is 5.88 Å². The minimum absolute atomic E-state index is 0.0866. The van der Waals surface area contributed by atoms with Crippen molar-refractivity contribution in [1.82, 2.24) is 4.98 Å². The molecule has 1 fully saturated rings. The molecule has 1 aromatic heterocycles. The van der Waals surface area contributed by atoms with Crippen LogP contribution in [0.1, 0.15) is 27.2 Å². The SMILES string of the molecule is CC(C)Oc1nc(NCC2CC2C)ccc1N. The van der Waals surface area contributed by atoms with Gasteiger partial charge in [-0.05, 0) is 44.2 Å². The van der Waals surface area contributed by atoms with Crippen molar-refractivity contribution in [3.63, 3.8) is 0 Å². The van der Waals surface area contributed by atoms with Crippen molar-refractivity contribution < 1.29 is 4.74 Å². The summed E-state index contributed by atoms with van der Waals surface area (Å²) in [4.78, 5) is 4.38. The summed E-state index contributed by atoms with van der Waals surface area (Å²) in [7, 11) is 0. The predicted octanol–water partition coefficient (Wildman–Crippen LogP) is 2.52. The number of ether oxygens (including phenoxy) is 1. The zero-order valence-electron chi connectivity index (χ0n) is 10.7. The number of nitrogens with zero attached hydrogens (tertiary/aromatic N) is 1. The maximum atomic E-state index is 5.81. The molecule has 4 nitrogen and oxygen atoms in total. The van der Waals surface area contributed by atoms with Gasteiger partial charge < -0.3 is 15.8 Å². The summed E-state index contributed by atoms with van der Waals surface area (Å²) in [6.45, 7) is 7.19. The van der Waals surface area contributed by atoms with Gasteiger partial charge in [-0.2, -0.15) is 4.98 Å². The first-order valence-corrected chi connectivity index (χ1v) is 6.23. The summed E-state index contributed by atoms with van der Waals surface area (Å²) >= 11 is 0. The lowest BCUT2D eigenvalue weighted by Gasteiger charge is -2.12. The fourth-order valence-corrected chi connectivity index (χ4v) is 1.79. The summed E-state index contributed by atoms with van der Waals surface area (Å²) in [5.41, 5.74) is 6.40. The molecule has 2 unspecified atom stereocenters. The van der Waals surface area contributed by atoms with Crippen LogP contribution in [0.25, 0.3) is 0 Å². The van der Waals surface area contributed by atoms with Gasteiger partial charge in [-0.1, -0.05) is 6.92 Å². The number of nitrogen functional groups attached to an aromatic ring is 1. The molecule has 0 saturated heterocycles. The van der Waals surface area contributed by atoms with Crippen LogP contribution in [0.2, 0.25) is 0 Å². The Kier molecular flexibility index (Phi) is 3.41. The minimum Gasteiger partial charge on any atom is -0.473 e. The van der Waals surface area contributed by atoms with Crippen molar-refractivity contribution in [2.24, 2.45) is 11.8 Å². The predicted molar refractivity (Wildman–Crippen MR) is 70.2 cm³/mol. The third-order valence-corrected chi connectivity index (χ3v) is 3.06. The van der Waals surface area contributed by atoms with Gasteiger partial charge in [0.1, 0.15) is 5.82 Å². The van der Waals surface area contributed by atoms with Crippen molar-refractivity contribution in [1.29, 1.82) is 0 Å². The Morgan fingerprint density at radius 3 is 2.82 bits per heavy atom. The van der Waals surface area contributed by atoms with Gasteiger partial charge >= 0.3 is 0 Å². The Morgan fingerprint density at radius 1 is 1.53 bits per heavy atom. The van der Waals surface area contributed by atoms with E-state index in [2.05, 4.69) is 17.2 Å². The van der Waals surface area contributed by atoms with Gasteiger partial charge in [0.15, 0.2) is 0 Å². The number of hydrogen-bond acceptors (Lipinski definition) is 4. The van der Waals surface area contributed by atoms with E-state index in [1.165, 1.54) is 6.42 Å². The molecule has 0 aromatic carbocycles. The van der Waals surface area contributed by atoms with E-state index in [-0.39, 0.29) is 6.10 Å². The molecule has 0 amide bonds. The summed E-state index contributed by atoms with van der Waals surface area (Å²) in [5, 5.41) is 3.33. The molecule has 0 bridgehead atoms. The highest BCUT2D eigenvalue weighted by molar-refractivity contribution is 5.53. The van der Waals surface area contributed by atoms with Gasteiger partial charge in [0.25, 0.3) is 0 Å². The molecule has 0 spiro atoms. The van der Waals surface area contributed by atoms with E-state index in [4.69, 9.17) is 10.5 Å². The molecular weight excluding hydrogens is 214 g/mol. The van der Waals surface area contributed by atoms with Gasteiger partial charge in [0.05, 0.1) is 11.8 Å². The van der Waals surface area contributed by atoms with Crippen LogP contribution < -0.4 is 15.8 Å². The molecule has 3 N–H and O–H groups in total. The zero-order chi connectivity index (χ0) is 12.4. The first-order chi connectivity index (χ1) is 8.06. The van der Waals surface area contributed by atoms with Crippen LogP contribution in [0.5, 0.6) is 5.88 Å². The van der Waals surface area contributed by atoms with Crippen molar-refractivity contribution >= 4 is 11.5 Å². The Bertz CT molecular complexity index is 392. The number of rotatable bonds is 5. The Labute approximate surface area is 103 Å². The molecule has 1 aliphatic carbocycles. The second kappa shape index (κ2) is 4.82. The largest absolute Gasteiger partial charge is 0.473 e. The van der Waals surface area contributed by atoms with E-state index in [1.54, 1.807) is 0 Å². The van der Waals surface area contributed by atoms with Crippen LogP contribution in [0.3, 0.4) is 0 Å². The maximum absolute atomic E-state index is 5.81. The van der Waals surface area contributed by atoms with Crippen LogP contribution in [0, 0.1) is 11.8 Å². The van der Waals surface area contributed by atoms with E-state index in [0.29, 0.717) is 11.6 Å². The summed E-state index contributed by atoms with van der Waals surface area (Å²) in [6, 6.07) is 3.74. The molecule has 94 valence electrons. The second-order valence-corrected chi connectivity index (χ2v) is 5.11. The second-order valence-electron chi connectivity index (χ2n) is 5.11. The fraction of sp³-hybridized carbons (Fsp3) is 0.615. The minimum atomic E-state index is 0.0866. The van der Waals surface area contributed by atoms with E-state index in [1.807, 2.05) is 26.0 Å². The number of anilines is 2. The highest BCUT2D eigenvalue weighted by atomic mass is 16.5. The lowest BCUT2D eigenvalue weighted by atomic mass is 10.3. The first kappa shape index (κ1) is 12.0. The summed E-state index contributed by atoms with van der Waals surface area (Å²) in [5.74, 6) is 3.01. The van der Waals surface area contributed by atoms with Crippen LogP contribution in [-0.2, 0) is 0 Å².